The summed E-state index contributed by atoms with van der Waals surface area (Å²) in [5.74, 6) is -2.03. The van der Waals surface area contributed by atoms with Crippen LogP contribution in [0.4, 0.5) is 14.7 Å². The maximum atomic E-state index is 13.8. The quantitative estimate of drug-likeness (QED) is 0.945. The van der Waals surface area contributed by atoms with Crippen molar-refractivity contribution in [1.29, 1.82) is 0 Å². The van der Waals surface area contributed by atoms with Crippen LogP contribution in [-0.2, 0) is 10.0 Å². The molecule has 2 aromatic rings. The lowest BCUT2D eigenvalue weighted by molar-refractivity contribution is 0.551. The van der Waals surface area contributed by atoms with Gasteiger partial charge in [0.25, 0.3) is 10.0 Å². The van der Waals surface area contributed by atoms with E-state index in [2.05, 4.69) is 9.97 Å². The minimum Gasteiger partial charge on any atom is -0.247 e. The summed E-state index contributed by atoms with van der Waals surface area (Å²) < 4.78 is 53.5. The molecule has 1 aromatic heterocycles. The van der Waals surface area contributed by atoms with Gasteiger partial charge < -0.3 is 0 Å². The van der Waals surface area contributed by atoms with Crippen molar-refractivity contribution < 1.29 is 17.2 Å². The fraction of sp³-hybridized carbons (Fsp3) is 0.231. The van der Waals surface area contributed by atoms with Gasteiger partial charge in [-0.15, -0.1) is 0 Å². The third-order valence-corrected chi connectivity index (χ3v) is 4.05. The Kier molecular flexibility index (Phi) is 3.91. The fourth-order valence-electron chi connectivity index (χ4n) is 1.78. The normalized spacial score (nSPS) is 11.5. The van der Waals surface area contributed by atoms with Crippen LogP contribution in [0.2, 0.25) is 0 Å². The second kappa shape index (κ2) is 5.36. The molecule has 0 radical (unpaired) electrons. The number of nitrogens with one attached hydrogen (secondary N) is 1. The maximum absolute atomic E-state index is 13.8. The molecule has 0 atom stereocenters. The predicted octanol–water partition coefficient (Wildman–Crippen LogP) is 2.48. The van der Waals surface area contributed by atoms with E-state index in [1.807, 2.05) is 4.72 Å². The zero-order valence-electron chi connectivity index (χ0n) is 11.6. The van der Waals surface area contributed by atoms with Gasteiger partial charge in [-0.3, -0.25) is 0 Å². The van der Waals surface area contributed by atoms with E-state index in [1.54, 1.807) is 19.9 Å². The monoisotopic (exact) mass is 313 g/mol. The Morgan fingerprint density at radius 1 is 0.952 bits per heavy atom. The molecule has 5 nitrogen and oxygen atoms in total. The van der Waals surface area contributed by atoms with Crippen molar-refractivity contribution in [2.45, 2.75) is 25.7 Å². The molecule has 8 heteroatoms. The lowest BCUT2D eigenvalue weighted by Gasteiger charge is -2.09. The number of benzene rings is 1. The molecule has 112 valence electrons. The van der Waals surface area contributed by atoms with Crippen LogP contribution in [0.1, 0.15) is 17.0 Å². The molecule has 0 unspecified atom stereocenters. The number of anilines is 1. The first-order valence-electron chi connectivity index (χ1n) is 6.00. The number of rotatable bonds is 3. The van der Waals surface area contributed by atoms with Crippen molar-refractivity contribution in [3.8, 4) is 0 Å². The maximum Gasteiger partial charge on any atom is 0.267 e. The molecule has 0 aliphatic heterocycles. The van der Waals surface area contributed by atoms with Gasteiger partial charge in [-0.2, -0.15) is 0 Å². The summed E-state index contributed by atoms with van der Waals surface area (Å²) >= 11 is 0. The Morgan fingerprint density at radius 3 is 2.10 bits per heavy atom. The Balaban J connectivity index is 2.45. The van der Waals surface area contributed by atoms with E-state index < -0.39 is 26.6 Å². The second-order valence-corrected chi connectivity index (χ2v) is 6.26. The molecule has 1 heterocycles. The predicted molar refractivity (Wildman–Crippen MR) is 73.4 cm³/mol. The molecule has 1 N–H and O–H groups in total. The number of halogens is 2. The number of nitrogens with zero attached hydrogens (tertiary/aromatic N) is 2. The van der Waals surface area contributed by atoms with E-state index in [1.165, 1.54) is 6.92 Å². The Morgan fingerprint density at radius 2 is 1.52 bits per heavy atom. The van der Waals surface area contributed by atoms with Gasteiger partial charge in [-0.1, -0.05) is 0 Å². The van der Waals surface area contributed by atoms with Crippen molar-refractivity contribution in [1.82, 2.24) is 9.97 Å². The largest absolute Gasteiger partial charge is 0.267 e. The summed E-state index contributed by atoms with van der Waals surface area (Å²) in [4.78, 5) is 7.01. The number of hydrogen-bond acceptors (Lipinski definition) is 4. The highest BCUT2D eigenvalue weighted by Crippen LogP contribution is 2.21. The molecule has 0 bridgehead atoms. The van der Waals surface area contributed by atoms with Crippen LogP contribution >= 0.6 is 0 Å². The van der Waals surface area contributed by atoms with Crippen molar-refractivity contribution in [3.63, 3.8) is 0 Å². The lowest BCUT2D eigenvalue weighted by atomic mass is 10.2. The minimum absolute atomic E-state index is 0.0223. The van der Waals surface area contributed by atoms with Crippen molar-refractivity contribution >= 4 is 16.0 Å². The molecular weight excluding hydrogens is 300 g/mol. The molecular formula is C13H13F2N3O2S. The average molecular weight is 313 g/mol. The molecule has 0 saturated carbocycles. The summed E-state index contributed by atoms with van der Waals surface area (Å²) in [6, 6.07) is 3.12. The van der Waals surface area contributed by atoms with Gasteiger partial charge in [-0.25, -0.2) is 31.9 Å². The molecule has 0 aliphatic rings. The SMILES string of the molecule is Cc1cc(C)nc(NS(=O)(=O)c2cc(F)c(C)cc2F)n1. The molecule has 0 spiro atoms. The highest BCUT2D eigenvalue weighted by atomic mass is 32.2. The Hall–Kier alpha value is -2.09. The molecule has 2 rings (SSSR count). The standard InChI is InChI=1S/C13H13F2N3O2S/c1-7-4-11(15)12(6-10(7)14)21(19,20)18-13-16-8(2)5-9(3)17-13/h4-6H,1-3H3,(H,16,17,18). The summed E-state index contributed by atoms with van der Waals surface area (Å²) in [7, 11) is -4.31. The van der Waals surface area contributed by atoms with Crippen LogP contribution in [0.15, 0.2) is 23.1 Å². The summed E-state index contributed by atoms with van der Waals surface area (Å²) in [5, 5.41) is 0. The average Bonchev–Trinajstić information content (AvgIpc) is 2.31. The molecule has 1 aromatic carbocycles. The van der Waals surface area contributed by atoms with Crippen molar-refractivity contribution in [3.05, 3.63) is 46.8 Å². The van der Waals surface area contributed by atoms with Crippen molar-refractivity contribution in [2.75, 3.05) is 4.72 Å². The first-order valence-corrected chi connectivity index (χ1v) is 7.48. The zero-order valence-corrected chi connectivity index (χ0v) is 12.4. The van der Waals surface area contributed by atoms with Crippen LogP contribution in [0.3, 0.4) is 0 Å². The number of aromatic nitrogens is 2. The highest BCUT2D eigenvalue weighted by Gasteiger charge is 2.22. The highest BCUT2D eigenvalue weighted by molar-refractivity contribution is 7.92. The second-order valence-electron chi connectivity index (χ2n) is 4.61. The van der Waals surface area contributed by atoms with E-state index >= 15 is 0 Å². The molecule has 21 heavy (non-hydrogen) atoms. The lowest BCUT2D eigenvalue weighted by Crippen LogP contribution is -2.17. The van der Waals surface area contributed by atoms with Crippen LogP contribution < -0.4 is 4.72 Å². The van der Waals surface area contributed by atoms with Gasteiger partial charge in [0.15, 0.2) is 0 Å². The summed E-state index contributed by atoms with van der Waals surface area (Å²) in [6.07, 6.45) is 0. The van der Waals surface area contributed by atoms with E-state index in [9.17, 15) is 17.2 Å². The number of aryl methyl sites for hydroxylation is 3. The Labute approximate surface area is 121 Å². The fourth-order valence-corrected chi connectivity index (χ4v) is 2.80. The van der Waals surface area contributed by atoms with E-state index in [-0.39, 0.29) is 11.5 Å². The van der Waals surface area contributed by atoms with Crippen molar-refractivity contribution in [2.24, 2.45) is 0 Å². The van der Waals surface area contributed by atoms with E-state index in [0.29, 0.717) is 17.5 Å². The molecule has 0 aliphatic carbocycles. The van der Waals surface area contributed by atoms with Gasteiger partial charge in [0.05, 0.1) is 0 Å². The summed E-state index contributed by atoms with van der Waals surface area (Å²) in [5.41, 5.74) is 1.13. The van der Waals surface area contributed by atoms with E-state index in [0.717, 1.165) is 6.07 Å². The molecule has 0 saturated heterocycles. The first-order chi connectivity index (χ1) is 9.69. The van der Waals surface area contributed by atoms with Gasteiger partial charge >= 0.3 is 0 Å². The van der Waals surface area contributed by atoms with E-state index in [4.69, 9.17) is 0 Å². The van der Waals surface area contributed by atoms with Crippen LogP contribution in [0, 0.1) is 32.4 Å². The van der Waals surface area contributed by atoms with Crippen LogP contribution in [-0.4, -0.2) is 18.4 Å². The van der Waals surface area contributed by atoms with Gasteiger partial charge in [0, 0.05) is 11.4 Å². The van der Waals surface area contributed by atoms with Crippen LogP contribution in [0.25, 0.3) is 0 Å². The third kappa shape index (κ3) is 3.33. The first kappa shape index (κ1) is 15.3. The smallest absolute Gasteiger partial charge is 0.247 e. The number of hydrogen-bond donors (Lipinski definition) is 1. The molecule has 0 fully saturated rings. The van der Waals surface area contributed by atoms with Crippen LogP contribution in [0.5, 0.6) is 0 Å². The summed E-state index contributed by atoms with van der Waals surface area (Å²) in [6.45, 7) is 4.67. The van der Waals surface area contributed by atoms with Gasteiger partial charge in [0.2, 0.25) is 5.95 Å². The molecule has 0 amide bonds. The number of sulfonamides is 1. The third-order valence-electron chi connectivity index (χ3n) is 2.71. The van der Waals surface area contributed by atoms with Gasteiger partial charge in [0.1, 0.15) is 16.5 Å². The minimum atomic E-state index is -4.31. The Bertz CT molecular complexity index is 787. The topological polar surface area (TPSA) is 72.0 Å². The van der Waals surface area contributed by atoms with Gasteiger partial charge in [-0.05, 0) is 44.5 Å². The zero-order chi connectivity index (χ0) is 15.8.